The third-order valence-corrected chi connectivity index (χ3v) is 3.76. The first-order valence-corrected chi connectivity index (χ1v) is 7.79. The molecule has 0 spiro atoms. The van der Waals surface area contributed by atoms with Gasteiger partial charge in [-0.3, -0.25) is 9.89 Å². The van der Waals surface area contributed by atoms with E-state index in [4.69, 9.17) is 9.47 Å². The van der Waals surface area contributed by atoms with Gasteiger partial charge in [-0.05, 0) is 44.0 Å². The summed E-state index contributed by atoms with van der Waals surface area (Å²) in [7, 11) is 0. The van der Waals surface area contributed by atoms with Crippen molar-refractivity contribution in [2.45, 2.75) is 39.2 Å². The number of benzene rings is 1. The first-order chi connectivity index (χ1) is 11.1. The van der Waals surface area contributed by atoms with E-state index in [1.165, 1.54) is 0 Å². The fourth-order valence-corrected chi connectivity index (χ4v) is 2.65. The summed E-state index contributed by atoms with van der Waals surface area (Å²) in [5, 5.41) is 10.1. The van der Waals surface area contributed by atoms with E-state index in [2.05, 4.69) is 15.5 Å². The number of amides is 1. The Labute approximate surface area is 135 Å². The Morgan fingerprint density at radius 2 is 2.17 bits per heavy atom. The molecule has 0 fully saturated rings. The highest BCUT2D eigenvalue weighted by molar-refractivity contribution is 5.76. The maximum atomic E-state index is 12.1. The van der Waals surface area contributed by atoms with Gasteiger partial charge in [-0.2, -0.15) is 5.10 Å². The van der Waals surface area contributed by atoms with Gasteiger partial charge in [0.1, 0.15) is 0 Å². The van der Waals surface area contributed by atoms with Crippen molar-refractivity contribution < 1.29 is 14.3 Å². The Bertz CT molecular complexity index is 696. The van der Waals surface area contributed by atoms with Crippen molar-refractivity contribution in [1.82, 2.24) is 15.5 Å². The van der Waals surface area contributed by atoms with E-state index in [9.17, 15) is 4.79 Å². The van der Waals surface area contributed by atoms with E-state index >= 15 is 0 Å². The molecule has 6 heteroatoms. The molecule has 1 aromatic carbocycles. The highest BCUT2D eigenvalue weighted by Crippen LogP contribution is 2.32. The fraction of sp³-hybridized carbons (Fsp3) is 0.412. The van der Waals surface area contributed by atoms with Gasteiger partial charge in [0.2, 0.25) is 12.7 Å². The van der Waals surface area contributed by atoms with Gasteiger partial charge in [-0.1, -0.05) is 6.07 Å². The van der Waals surface area contributed by atoms with Crippen molar-refractivity contribution in [3.05, 3.63) is 41.2 Å². The second-order valence-electron chi connectivity index (χ2n) is 5.90. The van der Waals surface area contributed by atoms with E-state index in [1.54, 1.807) is 0 Å². The number of hydrogen-bond acceptors (Lipinski definition) is 4. The Kier molecular flexibility index (Phi) is 4.50. The Hall–Kier alpha value is -2.50. The number of aryl methyl sites for hydroxylation is 2. The van der Waals surface area contributed by atoms with Gasteiger partial charge in [0.15, 0.2) is 11.5 Å². The van der Waals surface area contributed by atoms with E-state index in [0.29, 0.717) is 12.8 Å². The monoisotopic (exact) mass is 315 g/mol. The van der Waals surface area contributed by atoms with Crippen LogP contribution in [0.25, 0.3) is 0 Å². The normalized spacial score (nSPS) is 13.8. The molecule has 0 aliphatic carbocycles. The van der Waals surface area contributed by atoms with E-state index in [1.807, 2.05) is 38.1 Å². The molecule has 2 aromatic rings. The minimum Gasteiger partial charge on any atom is -0.454 e. The molecule has 0 radical (unpaired) electrons. The van der Waals surface area contributed by atoms with Gasteiger partial charge in [-0.15, -0.1) is 0 Å². The zero-order chi connectivity index (χ0) is 16.2. The van der Waals surface area contributed by atoms with Crippen molar-refractivity contribution in [3.63, 3.8) is 0 Å². The summed E-state index contributed by atoms with van der Waals surface area (Å²) >= 11 is 0. The van der Waals surface area contributed by atoms with Crippen molar-refractivity contribution in [3.8, 4) is 11.5 Å². The van der Waals surface area contributed by atoms with Crippen LogP contribution in [-0.2, 0) is 17.6 Å². The van der Waals surface area contributed by atoms with Crippen LogP contribution in [-0.4, -0.2) is 28.9 Å². The number of nitrogens with one attached hydrogen (secondary N) is 2. The summed E-state index contributed by atoms with van der Waals surface area (Å²) in [6.45, 7) is 4.22. The average Bonchev–Trinajstić information content (AvgIpc) is 3.13. The third kappa shape index (κ3) is 4.03. The van der Waals surface area contributed by atoms with Crippen LogP contribution in [0.3, 0.4) is 0 Å². The van der Waals surface area contributed by atoms with Crippen molar-refractivity contribution in [2.75, 3.05) is 6.79 Å². The Morgan fingerprint density at radius 3 is 2.96 bits per heavy atom. The number of nitrogens with zero attached hydrogens (tertiary/aromatic N) is 1. The maximum absolute atomic E-state index is 12.1. The zero-order valence-corrected chi connectivity index (χ0v) is 13.4. The minimum absolute atomic E-state index is 0.0439. The molecule has 0 saturated heterocycles. The van der Waals surface area contributed by atoms with Crippen molar-refractivity contribution >= 4 is 5.91 Å². The molecule has 122 valence electrons. The molecule has 0 unspecified atom stereocenters. The van der Waals surface area contributed by atoms with Crippen LogP contribution in [0.5, 0.6) is 11.5 Å². The molecule has 0 saturated carbocycles. The largest absolute Gasteiger partial charge is 0.454 e. The maximum Gasteiger partial charge on any atom is 0.231 e. The number of aromatic nitrogens is 2. The van der Waals surface area contributed by atoms with E-state index in [0.717, 1.165) is 34.9 Å². The van der Waals surface area contributed by atoms with Gasteiger partial charge >= 0.3 is 0 Å². The summed E-state index contributed by atoms with van der Waals surface area (Å²) in [4.78, 5) is 12.1. The summed E-state index contributed by atoms with van der Waals surface area (Å²) in [6.07, 6.45) is 1.85. The number of carbonyl (C=O) groups excluding carboxylic acids is 1. The van der Waals surface area contributed by atoms with Gasteiger partial charge in [0.05, 0.1) is 5.69 Å². The highest BCUT2D eigenvalue weighted by atomic mass is 16.7. The Balaban J connectivity index is 1.45. The van der Waals surface area contributed by atoms with Gasteiger partial charge in [0, 0.05) is 24.6 Å². The molecule has 1 amide bonds. The molecule has 23 heavy (non-hydrogen) atoms. The molecule has 1 atom stereocenters. The summed E-state index contributed by atoms with van der Waals surface area (Å²) in [5.74, 6) is 1.56. The second-order valence-corrected chi connectivity index (χ2v) is 5.90. The molecule has 6 nitrogen and oxygen atoms in total. The lowest BCUT2D eigenvalue weighted by Gasteiger charge is -2.12. The second kappa shape index (κ2) is 6.73. The topological polar surface area (TPSA) is 76.2 Å². The number of hydrogen-bond donors (Lipinski definition) is 2. The molecule has 2 heterocycles. The lowest BCUT2D eigenvalue weighted by Crippen LogP contribution is -2.34. The van der Waals surface area contributed by atoms with Crippen LogP contribution in [0.1, 0.15) is 30.3 Å². The van der Waals surface area contributed by atoms with E-state index < -0.39 is 0 Å². The number of rotatable bonds is 6. The third-order valence-electron chi connectivity index (χ3n) is 3.76. The zero-order valence-electron chi connectivity index (χ0n) is 13.4. The number of ether oxygens (including phenoxy) is 2. The smallest absolute Gasteiger partial charge is 0.231 e. The first kappa shape index (κ1) is 15.4. The van der Waals surface area contributed by atoms with Crippen LogP contribution in [0.2, 0.25) is 0 Å². The molecule has 1 aromatic heterocycles. The molecular weight excluding hydrogens is 294 g/mol. The lowest BCUT2D eigenvalue weighted by molar-refractivity contribution is -0.121. The highest BCUT2D eigenvalue weighted by Gasteiger charge is 2.14. The van der Waals surface area contributed by atoms with Crippen LogP contribution in [0.4, 0.5) is 0 Å². The van der Waals surface area contributed by atoms with Crippen LogP contribution < -0.4 is 14.8 Å². The standard InChI is InChI=1S/C17H21N3O3/c1-11(7-14-8-12(2)19-20-14)18-17(21)6-4-13-3-5-15-16(9-13)23-10-22-15/h3,5,8-9,11H,4,6-7,10H2,1-2H3,(H,18,21)(H,19,20)/t11-/m0/s1. The predicted molar refractivity (Wildman–Crippen MR) is 85.5 cm³/mol. The fourth-order valence-electron chi connectivity index (χ4n) is 2.65. The summed E-state index contributed by atoms with van der Waals surface area (Å²) < 4.78 is 10.6. The quantitative estimate of drug-likeness (QED) is 0.856. The van der Waals surface area contributed by atoms with Crippen molar-refractivity contribution in [1.29, 1.82) is 0 Å². The Morgan fingerprint density at radius 1 is 1.35 bits per heavy atom. The number of H-pyrrole nitrogens is 1. The molecule has 1 aliphatic rings. The van der Waals surface area contributed by atoms with E-state index in [-0.39, 0.29) is 18.7 Å². The number of aromatic amines is 1. The summed E-state index contributed by atoms with van der Waals surface area (Å²) in [6, 6.07) is 7.84. The van der Waals surface area contributed by atoms with Gasteiger partial charge in [0.25, 0.3) is 0 Å². The molecule has 2 N–H and O–H groups in total. The first-order valence-electron chi connectivity index (χ1n) is 7.79. The van der Waals surface area contributed by atoms with Gasteiger partial charge in [-0.25, -0.2) is 0 Å². The number of fused-ring (bicyclic) bond motifs is 1. The van der Waals surface area contributed by atoms with Crippen LogP contribution in [0.15, 0.2) is 24.3 Å². The number of carbonyl (C=O) groups is 1. The lowest BCUT2D eigenvalue weighted by atomic mass is 10.1. The van der Waals surface area contributed by atoms with Crippen LogP contribution in [0, 0.1) is 6.92 Å². The molecule has 1 aliphatic heterocycles. The molecule has 0 bridgehead atoms. The SMILES string of the molecule is Cc1cc(C[C@H](C)NC(=O)CCc2ccc3c(c2)OCO3)n[nH]1. The predicted octanol–water partition coefficient (Wildman–Crippen LogP) is 2.13. The summed E-state index contributed by atoms with van der Waals surface area (Å²) in [5.41, 5.74) is 3.06. The van der Waals surface area contributed by atoms with Crippen molar-refractivity contribution in [2.24, 2.45) is 0 Å². The van der Waals surface area contributed by atoms with Gasteiger partial charge < -0.3 is 14.8 Å². The average molecular weight is 315 g/mol. The van der Waals surface area contributed by atoms with Crippen LogP contribution >= 0.6 is 0 Å². The minimum atomic E-state index is 0.0439. The molecular formula is C17H21N3O3. The molecule has 3 rings (SSSR count).